The summed E-state index contributed by atoms with van der Waals surface area (Å²) in [6, 6.07) is 10.1. The van der Waals surface area contributed by atoms with Crippen molar-refractivity contribution in [2.75, 3.05) is 25.0 Å². The lowest BCUT2D eigenvalue weighted by molar-refractivity contribution is 0.0782. The number of aromatic nitrogens is 1. The van der Waals surface area contributed by atoms with E-state index in [0.717, 1.165) is 44.7 Å². The molecule has 26 heavy (non-hydrogen) atoms. The van der Waals surface area contributed by atoms with Gasteiger partial charge in [0.2, 0.25) is 0 Å². The molecule has 5 nitrogen and oxygen atoms in total. The third-order valence-electron chi connectivity index (χ3n) is 5.02. The van der Waals surface area contributed by atoms with Gasteiger partial charge in [0, 0.05) is 18.8 Å². The second-order valence-electron chi connectivity index (χ2n) is 7.23. The number of anilines is 2. The lowest BCUT2D eigenvalue weighted by Crippen LogP contribution is -2.34. The highest BCUT2D eigenvalue weighted by molar-refractivity contribution is 7.29. The standard InChI is InChI=1S/C19H22N4OS2/c1-12-5-3-4-6-13(12)21-18-22-16-14(26-18)9-15(25-16)17(24)23-8-7-19(2,10-20)11-23/h3-6,9H,7-8,10-11,20H2,1-2H3,(H,21,22). The molecule has 0 spiro atoms. The second-order valence-corrected chi connectivity index (χ2v) is 9.29. The molecule has 1 saturated heterocycles. The maximum absolute atomic E-state index is 12.8. The maximum Gasteiger partial charge on any atom is 0.264 e. The molecule has 2 aromatic heterocycles. The zero-order valence-corrected chi connectivity index (χ0v) is 16.5. The lowest BCUT2D eigenvalue weighted by atomic mass is 9.90. The number of carbonyl (C=O) groups excluding carboxylic acids is 1. The van der Waals surface area contributed by atoms with Gasteiger partial charge >= 0.3 is 0 Å². The van der Waals surface area contributed by atoms with Crippen LogP contribution in [0, 0.1) is 12.3 Å². The van der Waals surface area contributed by atoms with E-state index in [1.165, 1.54) is 16.9 Å². The highest BCUT2D eigenvalue weighted by atomic mass is 32.1. The van der Waals surface area contributed by atoms with Crippen molar-refractivity contribution in [2.45, 2.75) is 20.3 Å². The minimum atomic E-state index is 0.0488. The number of fused-ring (bicyclic) bond motifs is 1. The number of likely N-dealkylation sites (tertiary alicyclic amines) is 1. The average molecular weight is 387 g/mol. The van der Waals surface area contributed by atoms with E-state index in [0.29, 0.717) is 6.54 Å². The number of thiazole rings is 1. The Morgan fingerprint density at radius 1 is 1.38 bits per heavy atom. The second kappa shape index (κ2) is 6.64. The topological polar surface area (TPSA) is 71.2 Å². The SMILES string of the molecule is Cc1ccccc1Nc1nc2sc(C(=O)N3CCC(C)(CN)C3)cc2s1. The van der Waals surface area contributed by atoms with E-state index in [9.17, 15) is 4.79 Å². The molecule has 1 unspecified atom stereocenters. The summed E-state index contributed by atoms with van der Waals surface area (Å²) in [6.07, 6.45) is 0.970. The summed E-state index contributed by atoms with van der Waals surface area (Å²) >= 11 is 3.06. The molecular formula is C19H22N4OS2. The van der Waals surface area contributed by atoms with Crippen LogP contribution in [0.3, 0.4) is 0 Å². The van der Waals surface area contributed by atoms with Crippen molar-refractivity contribution in [3.8, 4) is 0 Å². The fourth-order valence-corrected chi connectivity index (χ4v) is 5.34. The third-order valence-corrected chi connectivity index (χ3v) is 7.09. The third kappa shape index (κ3) is 3.22. The van der Waals surface area contributed by atoms with E-state index < -0.39 is 0 Å². The van der Waals surface area contributed by atoms with Gasteiger partial charge < -0.3 is 16.0 Å². The van der Waals surface area contributed by atoms with Crippen molar-refractivity contribution in [1.29, 1.82) is 0 Å². The number of carbonyl (C=O) groups is 1. The molecule has 1 aliphatic heterocycles. The Balaban J connectivity index is 1.52. The minimum Gasteiger partial charge on any atom is -0.337 e. The molecule has 1 aromatic carbocycles. The van der Waals surface area contributed by atoms with Gasteiger partial charge in [0.15, 0.2) is 5.13 Å². The predicted octanol–water partition coefficient (Wildman–Crippen LogP) is 4.22. The predicted molar refractivity (Wildman–Crippen MR) is 110 cm³/mol. The first kappa shape index (κ1) is 17.5. The molecule has 7 heteroatoms. The summed E-state index contributed by atoms with van der Waals surface area (Å²) in [5.74, 6) is 0.103. The van der Waals surface area contributed by atoms with E-state index in [1.807, 2.05) is 29.2 Å². The number of amides is 1. The van der Waals surface area contributed by atoms with Gasteiger partial charge in [-0.25, -0.2) is 4.98 Å². The lowest BCUT2D eigenvalue weighted by Gasteiger charge is -2.22. The molecule has 0 aliphatic carbocycles. The zero-order chi connectivity index (χ0) is 18.3. The first-order valence-electron chi connectivity index (χ1n) is 8.70. The summed E-state index contributed by atoms with van der Waals surface area (Å²) < 4.78 is 1.05. The molecule has 136 valence electrons. The summed E-state index contributed by atoms with van der Waals surface area (Å²) in [5, 5.41) is 4.23. The number of nitrogens with two attached hydrogens (primary N) is 1. The Labute approximate surface area is 160 Å². The van der Waals surface area contributed by atoms with Gasteiger partial charge in [-0.05, 0) is 43.0 Å². The van der Waals surface area contributed by atoms with E-state index in [2.05, 4.69) is 30.2 Å². The molecule has 3 aromatic rings. The van der Waals surface area contributed by atoms with Gasteiger partial charge in [-0.2, -0.15) is 0 Å². The van der Waals surface area contributed by atoms with Crippen LogP contribution in [0.15, 0.2) is 30.3 Å². The molecular weight excluding hydrogens is 364 g/mol. The van der Waals surface area contributed by atoms with Crippen molar-refractivity contribution < 1.29 is 4.79 Å². The summed E-state index contributed by atoms with van der Waals surface area (Å²) in [4.78, 5) is 21.1. The first-order valence-corrected chi connectivity index (χ1v) is 10.3. The first-order chi connectivity index (χ1) is 12.5. The Kier molecular flexibility index (Phi) is 4.46. The van der Waals surface area contributed by atoms with Crippen LogP contribution in [-0.2, 0) is 0 Å². The number of para-hydroxylation sites is 1. The van der Waals surface area contributed by atoms with Gasteiger partial charge in [-0.3, -0.25) is 4.79 Å². The largest absolute Gasteiger partial charge is 0.337 e. The highest BCUT2D eigenvalue weighted by Gasteiger charge is 2.35. The van der Waals surface area contributed by atoms with Gasteiger partial charge in [0.25, 0.3) is 5.91 Å². The Morgan fingerprint density at radius 2 is 2.19 bits per heavy atom. The number of thiophene rings is 1. The molecule has 1 amide bonds. The van der Waals surface area contributed by atoms with Crippen LogP contribution >= 0.6 is 22.7 Å². The Morgan fingerprint density at radius 3 is 2.88 bits per heavy atom. The molecule has 1 aliphatic rings. The van der Waals surface area contributed by atoms with E-state index >= 15 is 0 Å². The normalized spacial score (nSPS) is 20.0. The van der Waals surface area contributed by atoms with Crippen LogP contribution in [0.1, 0.15) is 28.6 Å². The van der Waals surface area contributed by atoms with Crippen LogP contribution in [-0.4, -0.2) is 35.4 Å². The maximum atomic E-state index is 12.8. The summed E-state index contributed by atoms with van der Waals surface area (Å²) in [6.45, 7) is 6.36. The summed E-state index contributed by atoms with van der Waals surface area (Å²) in [5.41, 5.74) is 8.14. The zero-order valence-electron chi connectivity index (χ0n) is 14.9. The van der Waals surface area contributed by atoms with E-state index in [1.54, 1.807) is 11.3 Å². The number of aryl methyl sites for hydroxylation is 1. The highest BCUT2D eigenvalue weighted by Crippen LogP contribution is 2.36. The van der Waals surface area contributed by atoms with Crippen LogP contribution in [0.5, 0.6) is 0 Å². The number of hydrogen-bond acceptors (Lipinski definition) is 6. The smallest absolute Gasteiger partial charge is 0.264 e. The fourth-order valence-electron chi connectivity index (χ4n) is 3.24. The van der Waals surface area contributed by atoms with Crippen LogP contribution in [0.25, 0.3) is 9.53 Å². The quantitative estimate of drug-likeness (QED) is 0.704. The molecule has 3 heterocycles. The van der Waals surface area contributed by atoms with Crippen LogP contribution in [0.2, 0.25) is 0 Å². The summed E-state index contributed by atoms with van der Waals surface area (Å²) in [7, 11) is 0. The van der Waals surface area contributed by atoms with Gasteiger partial charge in [0.1, 0.15) is 4.83 Å². The number of benzene rings is 1. The Bertz CT molecular complexity index is 932. The Hall–Kier alpha value is -1.96. The average Bonchev–Trinajstić information content (AvgIpc) is 3.30. The van der Waals surface area contributed by atoms with Crippen molar-refractivity contribution in [2.24, 2.45) is 11.1 Å². The van der Waals surface area contributed by atoms with E-state index in [4.69, 9.17) is 5.73 Å². The molecule has 3 N–H and O–H groups in total. The van der Waals surface area contributed by atoms with Gasteiger partial charge in [0.05, 0.1) is 9.58 Å². The van der Waals surface area contributed by atoms with E-state index in [-0.39, 0.29) is 11.3 Å². The van der Waals surface area contributed by atoms with Crippen molar-refractivity contribution in [3.63, 3.8) is 0 Å². The molecule has 0 radical (unpaired) electrons. The van der Waals surface area contributed by atoms with Gasteiger partial charge in [-0.1, -0.05) is 36.5 Å². The van der Waals surface area contributed by atoms with Crippen molar-refractivity contribution >= 4 is 48.9 Å². The van der Waals surface area contributed by atoms with Crippen LogP contribution in [0.4, 0.5) is 10.8 Å². The molecule has 1 fully saturated rings. The van der Waals surface area contributed by atoms with Crippen LogP contribution < -0.4 is 11.1 Å². The number of nitrogens with zero attached hydrogens (tertiary/aromatic N) is 2. The van der Waals surface area contributed by atoms with Gasteiger partial charge in [-0.15, -0.1) is 11.3 Å². The van der Waals surface area contributed by atoms with Crippen molar-refractivity contribution in [1.82, 2.24) is 9.88 Å². The number of hydrogen-bond donors (Lipinski definition) is 2. The monoisotopic (exact) mass is 386 g/mol. The molecule has 0 saturated carbocycles. The minimum absolute atomic E-state index is 0.0488. The fraction of sp³-hybridized carbons (Fsp3) is 0.368. The van der Waals surface area contributed by atoms with Crippen molar-refractivity contribution in [3.05, 3.63) is 40.8 Å². The number of nitrogens with one attached hydrogen (secondary N) is 1. The molecule has 4 rings (SSSR count). The molecule has 1 atom stereocenters. The number of rotatable bonds is 4. The molecule has 0 bridgehead atoms.